The van der Waals surface area contributed by atoms with Crippen LogP contribution in [-0.4, -0.2) is 81.1 Å². The maximum atomic E-state index is 12.9. The summed E-state index contributed by atoms with van der Waals surface area (Å²) >= 11 is 0. The normalized spacial score (nSPS) is 23.4. The van der Waals surface area contributed by atoms with Crippen molar-refractivity contribution in [2.24, 2.45) is 11.5 Å². The van der Waals surface area contributed by atoms with E-state index in [9.17, 15) is 14.4 Å². The number of hydrogen-bond acceptors (Lipinski definition) is 7. The van der Waals surface area contributed by atoms with Crippen LogP contribution in [0.25, 0.3) is 5.69 Å². The summed E-state index contributed by atoms with van der Waals surface area (Å²) in [7, 11) is 0. The molecule has 3 amide bonds. The number of carbonyl (C=O) groups excluding carboxylic acids is 2. The third-order valence-corrected chi connectivity index (χ3v) is 8.09. The molecule has 0 radical (unpaired) electrons. The molecule has 11 heteroatoms. The number of anilines is 1. The van der Waals surface area contributed by atoms with Crippen molar-refractivity contribution in [3.8, 4) is 5.69 Å². The van der Waals surface area contributed by atoms with Crippen molar-refractivity contribution in [1.29, 1.82) is 0 Å². The van der Waals surface area contributed by atoms with Crippen molar-refractivity contribution >= 4 is 17.8 Å². The van der Waals surface area contributed by atoms with Crippen molar-refractivity contribution < 1.29 is 9.59 Å². The van der Waals surface area contributed by atoms with Gasteiger partial charge < -0.3 is 26.6 Å². The fourth-order valence-electron chi connectivity index (χ4n) is 5.91. The second kappa shape index (κ2) is 11.1. The fourth-order valence-corrected chi connectivity index (χ4v) is 5.91. The maximum absolute atomic E-state index is 12.9. The molecule has 1 aromatic heterocycles. The molecule has 1 saturated carbocycles. The number of carbonyl (C=O) groups is 2. The first-order chi connectivity index (χ1) is 18.6. The minimum atomic E-state index is -0.944. The van der Waals surface area contributed by atoms with Gasteiger partial charge in [-0.1, -0.05) is 6.07 Å². The van der Waals surface area contributed by atoms with Crippen LogP contribution >= 0.6 is 0 Å². The SMILES string of the molecule is CC(C)(N)C(=O)N1CCN(C(=O)Nc2ccn(-c3ccc4c(c3)CCC(NC3CCC(N)C3)C4)c(=O)n2)CC1. The summed E-state index contributed by atoms with van der Waals surface area (Å²) in [5.74, 6) is 0.0575. The average molecular weight is 537 g/mol. The summed E-state index contributed by atoms with van der Waals surface area (Å²) in [6.07, 6.45) is 7.95. The predicted molar refractivity (Wildman–Crippen MR) is 150 cm³/mol. The molecule has 210 valence electrons. The van der Waals surface area contributed by atoms with Crippen LogP contribution in [-0.2, 0) is 17.6 Å². The Morgan fingerprint density at radius 1 is 1.00 bits per heavy atom. The van der Waals surface area contributed by atoms with Crippen molar-refractivity contribution in [3.05, 3.63) is 52.1 Å². The van der Waals surface area contributed by atoms with Gasteiger partial charge in [0.1, 0.15) is 5.82 Å². The monoisotopic (exact) mass is 536 g/mol. The van der Waals surface area contributed by atoms with Crippen LogP contribution in [0.5, 0.6) is 0 Å². The number of aryl methyl sites for hydroxylation is 1. The number of amides is 3. The molecule has 39 heavy (non-hydrogen) atoms. The molecule has 2 aliphatic carbocycles. The molecular formula is C28H40N8O3. The first kappa shape index (κ1) is 27.3. The van der Waals surface area contributed by atoms with E-state index in [4.69, 9.17) is 11.5 Å². The summed E-state index contributed by atoms with van der Waals surface area (Å²) in [6.45, 7) is 4.92. The Kier molecular flexibility index (Phi) is 7.75. The van der Waals surface area contributed by atoms with E-state index in [0.717, 1.165) is 44.2 Å². The zero-order chi connectivity index (χ0) is 27.7. The molecule has 6 N–H and O–H groups in total. The molecule has 0 bridgehead atoms. The number of urea groups is 1. The second-order valence-corrected chi connectivity index (χ2v) is 11.7. The first-order valence-electron chi connectivity index (χ1n) is 13.9. The molecule has 1 aliphatic heterocycles. The molecule has 1 aromatic carbocycles. The van der Waals surface area contributed by atoms with Crippen LogP contribution < -0.4 is 27.8 Å². The lowest BCUT2D eigenvalue weighted by atomic mass is 9.87. The van der Waals surface area contributed by atoms with E-state index < -0.39 is 11.2 Å². The number of fused-ring (bicyclic) bond motifs is 1. The Morgan fingerprint density at radius 3 is 2.41 bits per heavy atom. The third-order valence-electron chi connectivity index (χ3n) is 8.09. The van der Waals surface area contributed by atoms with Gasteiger partial charge >= 0.3 is 11.7 Å². The van der Waals surface area contributed by atoms with Gasteiger partial charge in [-0.15, -0.1) is 0 Å². The summed E-state index contributed by atoms with van der Waals surface area (Å²) in [4.78, 5) is 45.3. The van der Waals surface area contributed by atoms with E-state index in [1.54, 1.807) is 35.9 Å². The maximum Gasteiger partial charge on any atom is 0.354 e. The van der Waals surface area contributed by atoms with Gasteiger partial charge in [0.05, 0.1) is 11.2 Å². The number of nitrogens with one attached hydrogen (secondary N) is 2. The van der Waals surface area contributed by atoms with E-state index >= 15 is 0 Å². The fraction of sp³-hybridized carbons (Fsp3) is 0.571. The minimum Gasteiger partial charge on any atom is -0.338 e. The van der Waals surface area contributed by atoms with Crippen LogP contribution in [0.2, 0.25) is 0 Å². The van der Waals surface area contributed by atoms with Crippen molar-refractivity contribution in [2.75, 3.05) is 31.5 Å². The number of hydrogen-bond donors (Lipinski definition) is 4. The molecule has 11 nitrogen and oxygen atoms in total. The lowest BCUT2D eigenvalue weighted by Gasteiger charge is -2.37. The smallest absolute Gasteiger partial charge is 0.338 e. The van der Waals surface area contributed by atoms with Gasteiger partial charge in [-0.25, -0.2) is 9.59 Å². The van der Waals surface area contributed by atoms with Gasteiger partial charge in [0.25, 0.3) is 0 Å². The second-order valence-electron chi connectivity index (χ2n) is 11.7. The van der Waals surface area contributed by atoms with Crippen molar-refractivity contribution in [3.63, 3.8) is 0 Å². The van der Waals surface area contributed by atoms with Crippen LogP contribution in [0.3, 0.4) is 0 Å². The summed E-state index contributed by atoms with van der Waals surface area (Å²) in [5.41, 5.74) is 13.9. The van der Waals surface area contributed by atoms with E-state index in [-0.39, 0.29) is 17.8 Å². The predicted octanol–water partition coefficient (Wildman–Crippen LogP) is 0.973. The Labute approximate surface area is 228 Å². The Balaban J connectivity index is 1.18. The summed E-state index contributed by atoms with van der Waals surface area (Å²) in [5, 5.41) is 6.51. The molecule has 3 atom stereocenters. The molecule has 2 heterocycles. The summed E-state index contributed by atoms with van der Waals surface area (Å²) < 4.78 is 1.50. The van der Waals surface area contributed by atoms with Gasteiger partial charge in [-0.2, -0.15) is 4.98 Å². The van der Waals surface area contributed by atoms with Gasteiger partial charge in [-0.05, 0) is 81.7 Å². The first-order valence-corrected chi connectivity index (χ1v) is 13.9. The van der Waals surface area contributed by atoms with Crippen molar-refractivity contribution in [1.82, 2.24) is 24.7 Å². The highest BCUT2D eigenvalue weighted by Gasteiger charge is 2.31. The van der Waals surface area contributed by atoms with Gasteiger partial charge in [0.2, 0.25) is 5.91 Å². The number of rotatable bonds is 5. The zero-order valence-corrected chi connectivity index (χ0v) is 22.9. The van der Waals surface area contributed by atoms with Crippen molar-refractivity contribution in [2.45, 2.75) is 76.0 Å². The van der Waals surface area contributed by atoms with E-state index in [1.165, 1.54) is 15.7 Å². The molecule has 2 fully saturated rings. The number of nitrogens with zero attached hydrogens (tertiary/aromatic N) is 4. The number of nitrogens with two attached hydrogens (primary N) is 2. The molecule has 0 spiro atoms. The highest BCUT2D eigenvalue weighted by molar-refractivity contribution is 5.89. The Hall–Kier alpha value is -3.28. The molecular weight excluding hydrogens is 496 g/mol. The molecule has 2 aromatic rings. The average Bonchev–Trinajstić information content (AvgIpc) is 3.32. The van der Waals surface area contributed by atoms with Crippen LogP contribution in [0.4, 0.5) is 10.6 Å². The van der Waals surface area contributed by atoms with Gasteiger partial charge in [0, 0.05) is 50.5 Å². The van der Waals surface area contributed by atoms with E-state index in [1.807, 2.05) is 6.07 Å². The lowest BCUT2D eigenvalue weighted by molar-refractivity contribution is -0.137. The summed E-state index contributed by atoms with van der Waals surface area (Å²) in [6, 6.07) is 8.71. The topological polar surface area (TPSA) is 152 Å². The number of piperazine rings is 1. The standard InChI is InChI=1S/C28H40N8O3/c1-28(2,30)25(37)34-11-13-35(14-12-34)26(38)32-24-9-10-36(27(39)33-24)23-8-4-18-15-21(6-3-19(18)16-23)31-22-7-5-20(29)17-22/h4,8-10,16,20-22,31H,3,5-7,11-15,17,29-30H2,1-2H3,(H,32,33,38,39). The zero-order valence-electron chi connectivity index (χ0n) is 22.9. The molecule has 3 aliphatic rings. The quantitative estimate of drug-likeness (QED) is 0.444. The van der Waals surface area contributed by atoms with Gasteiger partial charge in [-0.3, -0.25) is 14.7 Å². The lowest BCUT2D eigenvalue weighted by Crippen LogP contribution is -2.58. The molecule has 5 rings (SSSR count). The van der Waals surface area contributed by atoms with Crippen LogP contribution in [0.1, 0.15) is 50.7 Å². The van der Waals surface area contributed by atoms with Crippen LogP contribution in [0.15, 0.2) is 35.3 Å². The number of benzene rings is 1. The minimum absolute atomic E-state index is 0.138. The highest BCUT2D eigenvalue weighted by atomic mass is 16.2. The highest BCUT2D eigenvalue weighted by Crippen LogP contribution is 2.26. The number of aromatic nitrogens is 2. The van der Waals surface area contributed by atoms with E-state index in [2.05, 4.69) is 27.8 Å². The Morgan fingerprint density at radius 2 is 1.74 bits per heavy atom. The molecule has 1 saturated heterocycles. The largest absolute Gasteiger partial charge is 0.354 e. The van der Waals surface area contributed by atoms with Gasteiger partial charge in [0.15, 0.2) is 0 Å². The van der Waals surface area contributed by atoms with E-state index in [0.29, 0.717) is 44.3 Å². The molecule has 3 unspecified atom stereocenters. The van der Waals surface area contributed by atoms with Crippen LogP contribution in [0, 0.1) is 0 Å². The Bertz CT molecular complexity index is 1280. The third kappa shape index (κ3) is 6.32.